The van der Waals surface area contributed by atoms with E-state index in [1.807, 2.05) is 12.3 Å². The van der Waals surface area contributed by atoms with E-state index >= 15 is 0 Å². The molecular weight excluding hydrogens is 412 g/mol. The van der Waals surface area contributed by atoms with Gasteiger partial charge in [-0.1, -0.05) is 82.2 Å². The lowest BCUT2D eigenvalue weighted by molar-refractivity contribution is 0.369. The van der Waals surface area contributed by atoms with Gasteiger partial charge in [0.2, 0.25) is 0 Å². The third-order valence-electron chi connectivity index (χ3n) is 7.23. The van der Waals surface area contributed by atoms with E-state index in [2.05, 4.69) is 107 Å². The summed E-state index contributed by atoms with van der Waals surface area (Å²) in [6.45, 7) is 17.2. The molecule has 0 aliphatic carbocycles. The molecule has 2 heterocycles. The van der Waals surface area contributed by atoms with Gasteiger partial charge in [0.15, 0.2) is 0 Å². The minimum Gasteiger partial charge on any atom is -0.381 e. The van der Waals surface area contributed by atoms with Crippen molar-refractivity contribution in [3.05, 3.63) is 83.1 Å². The minimum absolute atomic E-state index is 0.543. The van der Waals surface area contributed by atoms with Crippen molar-refractivity contribution in [2.75, 3.05) is 6.54 Å². The Hall–Kier alpha value is -2.61. The topological polar surface area (TPSA) is 24.9 Å². The maximum absolute atomic E-state index is 4.63. The Morgan fingerprint density at radius 1 is 1.03 bits per heavy atom. The fraction of sp³-hybridized carbons (Fsp3) is 0.469. The van der Waals surface area contributed by atoms with Crippen LogP contribution in [-0.2, 0) is 0 Å². The van der Waals surface area contributed by atoms with Crippen molar-refractivity contribution < 1.29 is 0 Å². The van der Waals surface area contributed by atoms with E-state index in [4.69, 9.17) is 0 Å². The zero-order valence-corrected chi connectivity index (χ0v) is 22.4. The Bertz CT molecular complexity index is 1080. The molecule has 2 nitrogen and oxygen atoms in total. The van der Waals surface area contributed by atoms with Crippen LogP contribution in [0.3, 0.4) is 0 Å². The highest BCUT2D eigenvalue weighted by Crippen LogP contribution is 2.32. The summed E-state index contributed by atoms with van der Waals surface area (Å²) in [6, 6.07) is 10.5. The van der Waals surface area contributed by atoms with E-state index in [0.717, 1.165) is 29.2 Å². The molecule has 0 bridgehead atoms. The molecule has 2 atom stereocenters. The molecule has 1 aliphatic heterocycles. The van der Waals surface area contributed by atoms with Gasteiger partial charge in [-0.25, -0.2) is 0 Å². The van der Waals surface area contributed by atoms with E-state index in [1.165, 1.54) is 41.4 Å². The first kappa shape index (κ1) is 26.0. The summed E-state index contributed by atoms with van der Waals surface area (Å²) < 4.78 is 0. The molecular formula is C32H44N2. The predicted molar refractivity (Wildman–Crippen MR) is 150 cm³/mol. The number of dihydropyridines is 1. The van der Waals surface area contributed by atoms with E-state index in [9.17, 15) is 0 Å². The number of rotatable bonds is 10. The molecule has 1 unspecified atom stereocenters. The molecule has 0 radical (unpaired) electrons. The largest absolute Gasteiger partial charge is 0.381 e. The standard InChI is InChI=1S/C32H44N2/c1-22(2)12-13-24(5)14-15-25(6)30(23(3)4)18-26(7)28-16-17-32(33-20-28)29-19-27-10-8-9-11-31(27)34-21-29/h8-11,14-17,19,21-23,26,30,33H,12-13,18,20H2,1-7H3/b24-14+,25-15-/t26?,30-/m0/s1. The van der Waals surface area contributed by atoms with Gasteiger partial charge < -0.3 is 5.32 Å². The lowest BCUT2D eigenvalue weighted by Crippen LogP contribution is -2.24. The second-order valence-electron chi connectivity index (χ2n) is 10.9. The van der Waals surface area contributed by atoms with Gasteiger partial charge in [-0.05, 0) is 80.6 Å². The second-order valence-corrected chi connectivity index (χ2v) is 10.9. The first-order valence-electron chi connectivity index (χ1n) is 13.1. The molecule has 1 N–H and O–H groups in total. The third-order valence-corrected chi connectivity index (χ3v) is 7.23. The number of hydrogen-bond donors (Lipinski definition) is 1. The molecule has 182 valence electrons. The number of nitrogens with one attached hydrogen (secondary N) is 1. The Morgan fingerprint density at radius 2 is 1.79 bits per heavy atom. The highest BCUT2D eigenvalue weighted by atomic mass is 14.9. The van der Waals surface area contributed by atoms with E-state index < -0.39 is 0 Å². The van der Waals surface area contributed by atoms with Gasteiger partial charge in [0, 0.05) is 29.4 Å². The maximum Gasteiger partial charge on any atom is 0.0702 e. The molecule has 2 aromatic rings. The normalized spacial score (nSPS) is 17.0. The summed E-state index contributed by atoms with van der Waals surface area (Å²) in [5.41, 5.74) is 7.84. The number of para-hydroxylation sites is 1. The quantitative estimate of drug-likeness (QED) is 0.361. The summed E-state index contributed by atoms with van der Waals surface area (Å²) >= 11 is 0. The van der Waals surface area contributed by atoms with Crippen LogP contribution in [0.25, 0.3) is 16.6 Å². The average Bonchev–Trinajstić information content (AvgIpc) is 2.84. The lowest BCUT2D eigenvalue weighted by Gasteiger charge is -2.28. The first-order chi connectivity index (χ1) is 16.2. The minimum atomic E-state index is 0.543. The summed E-state index contributed by atoms with van der Waals surface area (Å²) in [6.07, 6.45) is 14.9. The predicted octanol–water partition coefficient (Wildman–Crippen LogP) is 8.73. The first-order valence-corrected chi connectivity index (χ1v) is 13.1. The third kappa shape index (κ3) is 7.19. The number of benzene rings is 1. The number of nitrogens with zero attached hydrogens (tertiary/aromatic N) is 1. The molecule has 0 spiro atoms. The van der Waals surface area contributed by atoms with Crippen LogP contribution >= 0.6 is 0 Å². The zero-order chi connectivity index (χ0) is 24.7. The van der Waals surface area contributed by atoms with E-state index in [-0.39, 0.29) is 0 Å². The van der Waals surface area contributed by atoms with Crippen LogP contribution in [0.4, 0.5) is 0 Å². The average molecular weight is 457 g/mol. The Kier molecular flexibility index (Phi) is 9.33. The van der Waals surface area contributed by atoms with Gasteiger partial charge in [0.25, 0.3) is 0 Å². The fourth-order valence-electron chi connectivity index (χ4n) is 4.77. The van der Waals surface area contributed by atoms with Crippen molar-refractivity contribution in [3.63, 3.8) is 0 Å². The van der Waals surface area contributed by atoms with Crippen LogP contribution in [0.1, 0.15) is 73.3 Å². The van der Waals surface area contributed by atoms with Crippen molar-refractivity contribution in [1.82, 2.24) is 10.3 Å². The number of fused-ring (bicyclic) bond motifs is 1. The summed E-state index contributed by atoms with van der Waals surface area (Å²) in [4.78, 5) is 4.63. The monoisotopic (exact) mass is 456 g/mol. The van der Waals surface area contributed by atoms with E-state index in [0.29, 0.717) is 17.8 Å². The van der Waals surface area contributed by atoms with Gasteiger partial charge in [-0.3, -0.25) is 4.98 Å². The van der Waals surface area contributed by atoms with Crippen molar-refractivity contribution >= 4 is 16.6 Å². The number of aromatic nitrogens is 1. The molecule has 34 heavy (non-hydrogen) atoms. The van der Waals surface area contributed by atoms with Gasteiger partial charge in [-0.15, -0.1) is 0 Å². The molecule has 1 aromatic heterocycles. The summed E-state index contributed by atoms with van der Waals surface area (Å²) in [5.74, 6) is 2.54. The van der Waals surface area contributed by atoms with E-state index in [1.54, 1.807) is 0 Å². The lowest BCUT2D eigenvalue weighted by atomic mass is 9.79. The van der Waals surface area contributed by atoms with Crippen molar-refractivity contribution in [2.45, 2.75) is 67.7 Å². The number of allylic oxidation sites excluding steroid dienone is 6. The van der Waals surface area contributed by atoms with Crippen LogP contribution in [0.15, 0.2) is 77.6 Å². The summed E-state index contributed by atoms with van der Waals surface area (Å²) in [5, 5.41) is 4.84. The Labute approximate surface area is 208 Å². The van der Waals surface area contributed by atoms with Crippen LogP contribution < -0.4 is 5.32 Å². The number of hydrogen-bond acceptors (Lipinski definition) is 2. The summed E-state index contributed by atoms with van der Waals surface area (Å²) in [7, 11) is 0. The molecule has 0 fully saturated rings. The van der Waals surface area contributed by atoms with Crippen LogP contribution in [0.2, 0.25) is 0 Å². The highest BCUT2D eigenvalue weighted by molar-refractivity contribution is 5.82. The molecule has 0 saturated heterocycles. The van der Waals surface area contributed by atoms with Crippen LogP contribution in [-0.4, -0.2) is 11.5 Å². The Balaban J connectivity index is 1.68. The molecule has 0 amide bonds. The molecule has 0 saturated carbocycles. The van der Waals surface area contributed by atoms with Crippen molar-refractivity contribution in [2.24, 2.45) is 23.7 Å². The smallest absolute Gasteiger partial charge is 0.0702 e. The zero-order valence-electron chi connectivity index (χ0n) is 22.4. The Morgan fingerprint density at radius 3 is 2.47 bits per heavy atom. The molecule has 2 heteroatoms. The SMILES string of the molecule is C/C(=C/C=C(\C)CCC(C)C)[C@@H](CC(C)C1=CC=C(c2cnc3ccccc3c2)NC1)C(C)C. The second kappa shape index (κ2) is 12.2. The fourth-order valence-corrected chi connectivity index (χ4v) is 4.77. The van der Waals surface area contributed by atoms with Crippen molar-refractivity contribution in [3.8, 4) is 0 Å². The van der Waals surface area contributed by atoms with Crippen LogP contribution in [0.5, 0.6) is 0 Å². The molecule has 3 rings (SSSR count). The van der Waals surface area contributed by atoms with Gasteiger partial charge in [-0.2, -0.15) is 0 Å². The maximum atomic E-state index is 4.63. The molecule has 1 aromatic carbocycles. The highest BCUT2D eigenvalue weighted by Gasteiger charge is 2.21. The molecule has 1 aliphatic rings. The van der Waals surface area contributed by atoms with Gasteiger partial charge in [0.05, 0.1) is 5.52 Å². The van der Waals surface area contributed by atoms with Gasteiger partial charge >= 0.3 is 0 Å². The number of pyridine rings is 1. The van der Waals surface area contributed by atoms with Gasteiger partial charge in [0.1, 0.15) is 0 Å². The van der Waals surface area contributed by atoms with Crippen LogP contribution in [0, 0.1) is 23.7 Å². The van der Waals surface area contributed by atoms with Crippen molar-refractivity contribution in [1.29, 1.82) is 0 Å².